The van der Waals surface area contributed by atoms with Crippen LogP contribution in [0.3, 0.4) is 0 Å². The minimum absolute atomic E-state index is 0. The monoisotopic (exact) mass is 248 g/mol. The van der Waals surface area contributed by atoms with E-state index in [0.29, 0.717) is 0 Å². The van der Waals surface area contributed by atoms with Crippen LogP contribution in [0.2, 0.25) is 0 Å². The molecule has 6 radical (unpaired) electrons. The Labute approximate surface area is 114 Å². The van der Waals surface area contributed by atoms with E-state index in [-0.39, 0.29) is 40.5 Å². The normalized spacial score (nSPS) is 25.2. The van der Waals surface area contributed by atoms with Crippen molar-refractivity contribution in [3.05, 3.63) is 0 Å². The first kappa shape index (κ1) is 19.7. The van der Waals surface area contributed by atoms with Gasteiger partial charge in [0.05, 0.1) is 12.1 Å². The minimum atomic E-state index is 0. The second-order valence-electron chi connectivity index (χ2n) is 4.52. The summed E-state index contributed by atoms with van der Waals surface area (Å²) in [5, 5.41) is 6.21. The lowest BCUT2D eigenvalue weighted by molar-refractivity contribution is -0.119. The molecular formula is C12H22B2N2O2. The van der Waals surface area contributed by atoms with Crippen LogP contribution in [0.25, 0.3) is 0 Å². The van der Waals surface area contributed by atoms with Crippen LogP contribution < -0.4 is 10.6 Å². The predicted octanol–water partition coefficient (Wildman–Crippen LogP) is -0.107. The first-order valence-corrected chi connectivity index (χ1v) is 6.09. The lowest BCUT2D eigenvalue weighted by Gasteiger charge is -2.01. The molecule has 2 aliphatic rings. The van der Waals surface area contributed by atoms with Crippen molar-refractivity contribution in [1.29, 1.82) is 0 Å². The lowest BCUT2D eigenvalue weighted by Crippen LogP contribution is -2.28. The third-order valence-corrected chi connectivity index (χ3v) is 3.10. The number of ketones is 2. The van der Waals surface area contributed by atoms with Crippen LogP contribution in [-0.4, -0.2) is 53.6 Å². The van der Waals surface area contributed by atoms with Gasteiger partial charge in [0.25, 0.3) is 0 Å². The Kier molecular flexibility index (Phi) is 11.3. The summed E-state index contributed by atoms with van der Waals surface area (Å²) in [6.45, 7) is 5.32. The van der Waals surface area contributed by atoms with E-state index in [0.717, 1.165) is 38.8 Å². The van der Waals surface area contributed by atoms with Crippen LogP contribution in [0.4, 0.5) is 0 Å². The van der Waals surface area contributed by atoms with Crippen molar-refractivity contribution in [2.45, 2.75) is 51.6 Å². The summed E-state index contributed by atoms with van der Waals surface area (Å²) < 4.78 is 0. The van der Waals surface area contributed by atoms with E-state index in [1.54, 1.807) is 13.8 Å². The summed E-state index contributed by atoms with van der Waals surface area (Å²) in [5.74, 6) is 0.560. The fraction of sp³-hybridized carbons (Fsp3) is 0.833. The third kappa shape index (κ3) is 6.97. The standard InChI is InChI=1S/2C6H11NO.2B/c2*1-5(8)6-3-2-4-7-6;;/h2*6-7H,2-4H2,1H3;;. The molecule has 2 atom stereocenters. The van der Waals surface area contributed by atoms with Gasteiger partial charge in [-0.25, -0.2) is 0 Å². The van der Waals surface area contributed by atoms with Crippen molar-refractivity contribution < 1.29 is 9.59 Å². The average Bonchev–Trinajstić information content (AvgIpc) is 2.93. The molecule has 2 aliphatic heterocycles. The zero-order valence-electron chi connectivity index (χ0n) is 11.4. The van der Waals surface area contributed by atoms with Crippen LogP contribution in [0, 0.1) is 0 Å². The molecule has 2 fully saturated rings. The van der Waals surface area contributed by atoms with E-state index >= 15 is 0 Å². The Hall–Kier alpha value is -0.610. The number of nitrogens with one attached hydrogen (secondary N) is 2. The van der Waals surface area contributed by atoms with Gasteiger partial charge in [-0.3, -0.25) is 9.59 Å². The van der Waals surface area contributed by atoms with Crippen molar-refractivity contribution in [2.75, 3.05) is 13.1 Å². The summed E-state index contributed by atoms with van der Waals surface area (Å²) in [6.07, 6.45) is 4.39. The van der Waals surface area contributed by atoms with E-state index in [1.165, 1.54) is 0 Å². The van der Waals surface area contributed by atoms with Gasteiger partial charge in [0, 0.05) is 16.8 Å². The molecule has 2 saturated heterocycles. The Balaban J connectivity index is 0. The first-order chi connectivity index (χ1) is 7.61. The SMILES string of the molecule is CC(=O)C1CCCN1.CC(=O)C1CCCN1.[B].[B]. The van der Waals surface area contributed by atoms with Gasteiger partial charge in [0.2, 0.25) is 0 Å². The van der Waals surface area contributed by atoms with Crippen molar-refractivity contribution in [1.82, 2.24) is 10.6 Å². The maximum absolute atomic E-state index is 10.6. The molecule has 0 amide bonds. The number of hydrogen-bond acceptors (Lipinski definition) is 4. The second kappa shape index (κ2) is 10.3. The number of Topliss-reactive ketones (excluding diaryl/α,β-unsaturated/α-hetero) is 2. The minimum Gasteiger partial charge on any atom is -0.307 e. The van der Waals surface area contributed by atoms with E-state index in [1.807, 2.05) is 0 Å². The molecule has 0 aromatic carbocycles. The van der Waals surface area contributed by atoms with Crippen LogP contribution >= 0.6 is 0 Å². The molecule has 0 saturated carbocycles. The van der Waals surface area contributed by atoms with E-state index in [9.17, 15) is 9.59 Å². The molecular weight excluding hydrogens is 226 g/mol. The zero-order valence-corrected chi connectivity index (χ0v) is 11.4. The fourth-order valence-corrected chi connectivity index (χ4v) is 2.06. The van der Waals surface area contributed by atoms with Crippen LogP contribution in [0.5, 0.6) is 0 Å². The van der Waals surface area contributed by atoms with E-state index < -0.39 is 0 Å². The van der Waals surface area contributed by atoms with Gasteiger partial charge in [-0.05, 0) is 52.6 Å². The molecule has 2 N–H and O–H groups in total. The molecule has 2 unspecified atom stereocenters. The van der Waals surface area contributed by atoms with E-state index in [2.05, 4.69) is 10.6 Å². The summed E-state index contributed by atoms with van der Waals surface area (Å²) in [4.78, 5) is 21.2. The van der Waals surface area contributed by atoms with Crippen LogP contribution in [0.15, 0.2) is 0 Å². The van der Waals surface area contributed by atoms with Gasteiger partial charge in [-0.2, -0.15) is 0 Å². The van der Waals surface area contributed by atoms with Crippen molar-refractivity contribution in [2.24, 2.45) is 0 Å². The lowest BCUT2D eigenvalue weighted by atomic mass is 10.2. The van der Waals surface area contributed by atoms with Crippen LogP contribution in [-0.2, 0) is 9.59 Å². The summed E-state index contributed by atoms with van der Waals surface area (Å²) in [5.41, 5.74) is 0. The summed E-state index contributed by atoms with van der Waals surface area (Å²) in [7, 11) is 0. The van der Waals surface area contributed by atoms with Crippen molar-refractivity contribution in [3.63, 3.8) is 0 Å². The van der Waals surface area contributed by atoms with Gasteiger partial charge in [0.1, 0.15) is 11.6 Å². The summed E-state index contributed by atoms with van der Waals surface area (Å²) in [6, 6.07) is 0.352. The quantitative estimate of drug-likeness (QED) is 0.669. The molecule has 0 aromatic heterocycles. The van der Waals surface area contributed by atoms with Crippen molar-refractivity contribution >= 4 is 28.4 Å². The molecule has 4 nitrogen and oxygen atoms in total. The van der Waals surface area contributed by atoms with E-state index in [4.69, 9.17) is 0 Å². The van der Waals surface area contributed by atoms with Gasteiger partial charge in [-0.1, -0.05) is 0 Å². The molecule has 2 rings (SSSR count). The third-order valence-electron chi connectivity index (χ3n) is 3.10. The average molecular weight is 248 g/mol. The molecule has 98 valence electrons. The largest absolute Gasteiger partial charge is 0.307 e. The number of rotatable bonds is 2. The maximum atomic E-state index is 10.6. The zero-order chi connectivity index (χ0) is 12.0. The second-order valence-corrected chi connectivity index (χ2v) is 4.52. The van der Waals surface area contributed by atoms with Gasteiger partial charge < -0.3 is 10.6 Å². The first-order valence-electron chi connectivity index (χ1n) is 6.09. The Morgan fingerprint density at radius 3 is 1.28 bits per heavy atom. The van der Waals surface area contributed by atoms with Crippen molar-refractivity contribution in [3.8, 4) is 0 Å². The fourth-order valence-electron chi connectivity index (χ4n) is 2.06. The smallest absolute Gasteiger partial charge is 0.146 e. The molecule has 2 heterocycles. The highest BCUT2D eigenvalue weighted by atomic mass is 16.1. The molecule has 0 aromatic rings. The Morgan fingerprint density at radius 1 is 0.833 bits per heavy atom. The molecule has 0 spiro atoms. The highest BCUT2D eigenvalue weighted by Crippen LogP contribution is 2.05. The summed E-state index contributed by atoms with van der Waals surface area (Å²) >= 11 is 0. The number of carbonyl (C=O) groups is 2. The molecule has 0 bridgehead atoms. The highest BCUT2D eigenvalue weighted by molar-refractivity contribution is 5.82. The Bertz CT molecular complexity index is 224. The molecule has 18 heavy (non-hydrogen) atoms. The van der Waals surface area contributed by atoms with Gasteiger partial charge >= 0.3 is 0 Å². The molecule has 0 aliphatic carbocycles. The molecule has 6 heteroatoms. The highest BCUT2D eigenvalue weighted by Gasteiger charge is 2.17. The number of hydrogen-bond donors (Lipinski definition) is 2. The Morgan fingerprint density at radius 2 is 1.17 bits per heavy atom. The number of carbonyl (C=O) groups excluding carboxylic acids is 2. The topological polar surface area (TPSA) is 58.2 Å². The van der Waals surface area contributed by atoms with Gasteiger partial charge in [-0.15, -0.1) is 0 Å². The maximum Gasteiger partial charge on any atom is 0.146 e. The van der Waals surface area contributed by atoms with Gasteiger partial charge in [0.15, 0.2) is 0 Å². The van der Waals surface area contributed by atoms with Crippen LogP contribution in [0.1, 0.15) is 39.5 Å². The predicted molar refractivity (Wildman–Crippen MR) is 74.9 cm³/mol.